The van der Waals surface area contributed by atoms with Gasteiger partial charge in [0.25, 0.3) is 0 Å². The number of carbonyl (C=O) groups excluding carboxylic acids is 1. The highest BCUT2D eigenvalue weighted by Gasteiger charge is 2.37. The summed E-state index contributed by atoms with van der Waals surface area (Å²) in [6, 6.07) is -0.595. The van der Waals surface area contributed by atoms with E-state index in [2.05, 4.69) is 17.1 Å². The standard InChI is InChI=1S/C13H23N5O3S/c1-4-7-17-10-14-15-12(17)9-16(2)13(19)11-6-5-8-18(11)22(3,20)21/h10-11H,4-9H2,1-3H3/t11-/m0/s1. The Labute approximate surface area is 131 Å². The second-order valence-electron chi connectivity index (χ2n) is 5.67. The van der Waals surface area contributed by atoms with Crippen LogP contribution in [0.15, 0.2) is 6.33 Å². The van der Waals surface area contributed by atoms with Crippen molar-refractivity contribution in [2.45, 2.75) is 45.3 Å². The number of aromatic nitrogens is 3. The van der Waals surface area contributed by atoms with Crippen LogP contribution in [0.25, 0.3) is 0 Å². The molecule has 0 aliphatic carbocycles. The van der Waals surface area contributed by atoms with E-state index >= 15 is 0 Å². The molecule has 0 radical (unpaired) electrons. The van der Waals surface area contributed by atoms with Crippen LogP contribution in [0.2, 0.25) is 0 Å². The van der Waals surface area contributed by atoms with Crippen molar-refractivity contribution in [3.63, 3.8) is 0 Å². The Morgan fingerprint density at radius 3 is 2.86 bits per heavy atom. The monoisotopic (exact) mass is 329 g/mol. The van der Waals surface area contributed by atoms with Crippen LogP contribution in [0.5, 0.6) is 0 Å². The number of carbonyl (C=O) groups is 1. The lowest BCUT2D eigenvalue weighted by atomic mass is 10.2. The van der Waals surface area contributed by atoms with Crippen LogP contribution >= 0.6 is 0 Å². The molecule has 1 aromatic heterocycles. The Hall–Kier alpha value is -1.48. The molecule has 124 valence electrons. The van der Waals surface area contributed by atoms with Crippen molar-refractivity contribution in [3.8, 4) is 0 Å². The predicted molar refractivity (Wildman–Crippen MR) is 81.4 cm³/mol. The molecule has 1 saturated heterocycles. The second kappa shape index (κ2) is 6.74. The molecule has 2 heterocycles. The summed E-state index contributed by atoms with van der Waals surface area (Å²) in [5.41, 5.74) is 0. The van der Waals surface area contributed by atoms with Gasteiger partial charge in [-0.2, -0.15) is 4.31 Å². The van der Waals surface area contributed by atoms with Crippen molar-refractivity contribution in [2.24, 2.45) is 0 Å². The summed E-state index contributed by atoms with van der Waals surface area (Å²) in [6.07, 6.45) is 5.03. The van der Waals surface area contributed by atoms with E-state index in [0.29, 0.717) is 31.8 Å². The van der Waals surface area contributed by atoms with Gasteiger partial charge in [0, 0.05) is 20.1 Å². The Kier molecular flexibility index (Phi) is 5.17. The lowest BCUT2D eigenvalue weighted by Crippen LogP contribution is -2.46. The molecule has 22 heavy (non-hydrogen) atoms. The van der Waals surface area contributed by atoms with E-state index in [4.69, 9.17) is 0 Å². The minimum atomic E-state index is -3.36. The number of rotatable bonds is 6. The molecule has 0 bridgehead atoms. The van der Waals surface area contributed by atoms with E-state index in [1.165, 1.54) is 9.21 Å². The van der Waals surface area contributed by atoms with Crippen LogP contribution in [-0.2, 0) is 27.9 Å². The first-order valence-electron chi connectivity index (χ1n) is 7.43. The lowest BCUT2D eigenvalue weighted by molar-refractivity contribution is -0.133. The van der Waals surface area contributed by atoms with Gasteiger partial charge in [-0.05, 0) is 19.3 Å². The summed E-state index contributed by atoms with van der Waals surface area (Å²) >= 11 is 0. The highest BCUT2D eigenvalue weighted by molar-refractivity contribution is 7.88. The van der Waals surface area contributed by atoms with E-state index in [9.17, 15) is 13.2 Å². The van der Waals surface area contributed by atoms with Gasteiger partial charge in [0.2, 0.25) is 15.9 Å². The molecule has 2 rings (SSSR count). The van der Waals surface area contributed by atoms with Gasteiger partial charge in [-0.15, -0.1) is 10.2 Å². The average Bonchev–Trinajstić information content (AvgIpc) is 3.07. The molecule has 9 heteroatoms. The largest absolute Gasteiger partial charge is 0.337 e. The number of hydrogen-bond donors (Lipinski definition) is 0. The number of sulfonamides is 1. The summed E-state index contributed by atoms with van der Waals surface area (Å²) in [4.78, 5) is 14.1. The predicted octanol–water partition coefficient (Wildman–Crippen LogP) is 0.0705. The third-order valence-electron chi connectivity index (χ3n) is 3.83. The smallest absolute Gasteiger partial charge is 0.241 e. The summed E-state index contributed by atoms with van der Waals surface area (Å²) in [6.45, 7) is 3.59. The average molecular weight is 329 g/mol. The first kappa shape index (κ1) is 16.9. The maximum absolute atomic E-state index is 12.6. The SMILES string of the molecule is CCCn1cnnc1CN(C)C(=O)[C@@H]1CCCN1S(C)(=O)=O. The topological polar surface area (TPSA) is 88.4 Å². The number of aryl methyl sites for hydroxylation is 1. The van der Waals surface area contributed by atoms with E-state index in [1.807, 2.05) is 4.57 Å². The van der Waals surface area contributed by atoms with Crippen molar-refractivity contribution in [2.75, 3.05) is 19.8 Å². The quantitative estimate of drug-likeness (QED) is 0.737. The van der Waals surface area contributed by atoms with Gasteiger partial charge in [-0.25, -0.2) is 8.42 Å². The van der Waals surface area contributed by atoms with Crippen LogP contribution in [0.1, 0.15) is 32.0 Å². The summed E-state index contributed by atoms with van der Waals surface area (Å²) in [5, 5.41) is 7.91. The summed E-state index contributed by atoms with van der Waals surface area (Å²) in [7, 11) is -1.68. The minimum Gasteiger partial charge on any atom is -0.337 e. The van der Waals surface area contributed by atoms with Gasteiger partial charge in [0.1, 0.15) is 12.4 Å². The molecule has 1 atom stereocenters. The maximum atomic E-state index is 12.6. The van der Waals surface area contributed by atoms with Crippen molar-refractivity contribution < 1.29 is 13.2 Å². The molecule has 0 saturated carbocycles. The Balaban J connectivity index is 2.07. The minimum absolute atomic E-state index is 0.186. The highest BCUT2D eigenvalue weighted by atomic mass is 32.2. The summed E-state index contributed by atoms with van der Waals surface area (Å²) < 4.78 is 26.7. The summed E-state index contributed by atoms with van der Waals surface area (Å²) in [5.74, 6) is 0.524. The Bertz CT molecular complexity index is 627. The van der Waals surface area contributed by atoms with Crippen molar-refractivity contribution in [1.29, 1.82) is 0 Å². The van der Waals surface area contributed by atoms with Gasteiger partial charge in [-0.3, -0.25) is 4.79 Å². The molecule has 1 fully saturated rings. The molecule has 1 aliphatic heterocycles. The van der Waals surface area contributed by atoms with E-state index in [-0.39, 0.29) is 5.91 Å². The van der Waals surface area contributed by atoms with Crippen LogP contribution in [0.4, 0.5) is 0 Å². The molecule has 1 aromatic rings. The molecule has 0 spiro atoms. The van der Waals surface area contributed by atoms with Crippen LogP contribution in [0.3, 0.4) is 0 Å². The van der Waals surface area contributed by atoms with E-state index in [0.717, 1.165) is 19.2 Å². The lowest BCUT2D eigenvalue weighted by Gasteiger charge is -2.26. The third-order valence-corrected chi connectivity index (χ3v) is 5.12. The zero-order valence-electron chi connectivity index (χ0n) is 13.3. The fourth-order valence-corrected chi connectivity index (χ4v) is 3.88. The van der Waals surface area contributed by atoms with E-state index < -0.39 is 16.1 Å². The Morgan fingerprint density at radius 2 is 2.23 bits per heavy atom. The van der Waals surface area contributed by atoms with Crippen molar-refractivity contribution in [3.05, 3.63) is 12.2 Å². The Morgan fingerprint density at radius 1 is 1.50 bits per heavy atom. The fraction of sp³-hybridized carbons (Fsp3) is 0.769. The van der Waals surface area contributed by atoms with Crippen LogP contribution in [-0.4, -0.2) is 64.2 Å². The molecular formula is C13H23N5O3S. The second-order valence-corrected chi connectivity index (χ2v) is 7.60. The zero-order valence-corrected chi connectivity index (χ0v) is 14.1. The molecule has 8 nitrogen and oxygen atoms in total. The van der Waals surface area contributed by atoms with E-state index in [1.54, 1.807) is 13.4 Å². The number of nitrogens with zero attached hydrogens (tertiary/aromatic N) is 5. The third kappa shape index (κ3) is 3.64. The molecule has 1 aliphatic rings. The first-order chi connectivity index (χ1) is 10.3. The van der Waals surface area contributed by atoms with Crippen molar-refractivity contribution >= 4 is 15.9 Å². The zero-order chi connectivity index (χ0) is 16.3. The van der Waals surface area contributed by atoms with Gasteiger partial charge in [0.15, 0.2) is 5.82 Å². The first-order valence-corrected chi connectivity index (χ1v) is 9.28. The number of hydrogen-bond acceptors (Lipinski definition) is 5. The fourth-order valence-electron chi connectivity index (χ4n) is 2.76. The maximum Gasteiger partial charge on any atom is 0.241 e. The van der Waals surface area contributed by atoms with Crippen LogP contribution in [0, 0.1) is 0 Å². The molecule has 1 amide bonds. The highest BCUT2D eigenvalue weighted by Crippen LogP contribution is 2.22. The molecule has 0 unspecified atom stereocenters. The van der Waals surface area contributed by atoms with Gasteiger partial charge in [-0.1, -0.05) is 6.92 Å². The van der Waals surface area contributed by atoms with Crippen LogP contribution < -0.4 is 0 Å². The van der Waals surface area contributed by atoms with Gasteiger partial charge < -0.3 is 9.47 Å². The normalized spacial score (nSPS) is 19.5. The molecule has 0 aromatic carbocycles. The molecule has 0 N–H and O–H groups in total. The molecular weight excluding hydrogens is 306 g/mol. The van der Waals surface area contributed by atoms with Crippen molar-refractivity contribution in [1.82, 2.24) is 24.0 Å². The number of amides is 1. The number of likely N-dealkylation sites (N-methyl/N-ethyl adjacent to an activating group) is 1. The van der Waals surface area contributed by atoms with Gasteiger partial charge >= 0.3 is 0 Å². The van der Waals surface area contributed by atoms with Gasteiger partial charge in [0.05, 0.1) is 12.8 Å².